The number of benzene rings is 2. The Kier molecular flexibility index (Phi) is 8.65. The maximum Gasteiger partial charge on any atom is 0.141 e. The Labute approximate surface area is 256 Å². The second-order valence-electron chi connectivity index (χ2n) is 15.9. The molecule has 0 aromatic heterocycles. The standard InChI is InChI=1S/C40H56O2/c1-27(2)12-11-13-28(3)34-20-21-35-32-19-18-30-24-33(37(41)25-40(30,5)36(32)22-23-39(34,35)4)31-16-9-10-17-38(31)42-26-29-14-7-6-8-15-29/h6-10,14-17,27-28,30,32-36H,11-13,18-26H2,1-5H3/t28-,30+,32+,33+,34-,35+,36+,39-,40+/m1/s1. The monoisotopic (exact) mass is 568 g/mol. The number of rotatable bonds is 9. The summed E-state index contributed by atoms with van der Waals surface area (Å²) in [6.45, 7) is 13.1. The Hall–Kier alpha value is -2.09. The number of hydrogen-bond donors (Lipinski definition) is 0. The van der Waals surface area contributed by atoms with Gasteiger partial charge in [0.25, 0.3) is 0 Å². The van der Waals surface area contributed by atoms with Gasteiger partial charge < -0.3 is 4.74 Å². The molecule has 2 aromatic carbocycles. The Morgan fingerprint density at radius 2 is 1.57 bits per heavy atom. The third-order valence-electron chi connectivity index (χ3n) is 13.3. The summed E-state index contributed by atoms with van der Waals surface area (Å²) in [5.74, 6) is 6.95. The van der Waals surface area contributed by atoms with Crippen molar-refractivity contribution in [3.05, 3.63) is 65.7 Å². The lowest BCUT2D eigenvalue weighted by molar-refractivity contribution is -0.145. The summed E-state index contributed by atoms with van der Waals surface area (Å²) in [5.41, 5.74) is 2.96. The second kappa shape index (κ2) is 12.1. The normalized spacial score (nSPS) is 36.7. The van der Waals surface area contributed by atoms with Crippen LogP contribution in [-0.2, 0) is 11.4 Å². The van der Waals surface area contributed by atoms with E-state index >= 15 is 0 Å². The van der Waals surface area contributed by atoms with E-state index in [2.05, 4.69) is 77.1 Å². The van der Waals surface area contributed by atoms with Gasteiger partial charge in [-0.2, -0.15) is 0 Å². The third-order valence-corrected chi connectivity index (χ3v) is 13.3. The molecular weight excluding hydrogens is 512 g/mol. The highest BCUT2D eigenvalue weighted by Crippen LogP contribution is 2.69. The SMILES string of the molecule is CC(C)CCC[C@@H](C)[C@H]1CC[C@H]2[C@@H]3CC[C@H]4C[C@@H](c5ccccc5OCc5ccccc5)C(=O)C[C@]4(C)[C@H]3CC[C@]12C. The summed E-state index contributed by atoms with van der Waals surface area (Å²) in [6, 6.07) is 18.7. The zero-order valence-electron chi connectivity index (χ0n) is 27.1. The molecule has 0 N–H and O–H groups in total. The number of ketones is 1. The number of Topliss-reactive ketones (excluding diaryl/α,β-unsaturated/α-hetero) is 1. The van der Waals surface area contributed by atoms with E-state index in [0.29, 0.717) is 23.7 Å². The van der Waals surface area contributed by atoms with Crippen molar-refractivity contribution < 1.29 is 9.53 Å². The molecule has 0 aliphatic heterocycles. The fourth-order valence-corrected chi connectivity index (χ4v) is 11.1. The highest BCUT2D eigenvalue weighted by molar-refractivity contribution is 5.88. The zero-order valence-corrected chi connectivity index (χ0v) is 27.1. The summed E-state index contributed by atoms with van der Waals surface area (Å²) < 4.78 is 6.34. The van der Waals surface area contributed by atoms with Crippen LogP contribution in [0.5, 0.6) is 5.75 Å². The quantitative estimate of drug-likeness (QED) is 0.301. The van der Waals surface area contributed by atoms with E-state index in [0.717, 1.165) is 65.2 Å². The van der Waals surface area contributed by atoms with Gasteiger partial charge in [0, 0.05) is 17.9 Å². The number of carbonyl (C=O) groups is 1. The van der Waals surface area contributed by atoms with E-state index in [1.54, 1.807) is 0 Å². The molecule has 4 aliphatic rings. The van der Waals surface area contributed by atoms with Gasteiger partial charge in [-0.3, -0.25) is 4.79 Å². The number of para-hydroxylation sites is 1. The highest BCUT2D eigenvalue weighted by atomic mass is 16.5. The molecule has 0 bridgehead atoms. The first-order valence-corrected chi connectivity index (χ1v) is 17.5. The van der Waals surface area contributed by atoms with Gasteiger partial charge in [0.1, 0.15) is 18.1 Å². The summed E-state index contributed by atoms with van der Waals surface area (Å²) in [5, 5.41) is 0. The molecule has 2 heteroatoms. The Balaban J connectivity index is 1.15. The number of fused-ring (bicyclic) bond motifs is 5. The van der Waals surface area contributed by atoms with Crippen LogP contribution in [0.3, 0.4) is 0 Å². The van der Waals surface area contributed by atoms with Crippen molar-refractivity contribution in [1.82, 2.24) is 0 Å². The van der Waals surface area contributed by atoms with Crippen LogP contribution in [0.1, 0.15) is 122 Å². The molecular formula is C40H56O2. The molecule has 0 amide bonds. The Bertz CT molecular complexity index is 1220. The number of ether oxygens (including phenoxy) is 1. The van der Waals surface area contributed by atoms with Crippen molar-refractivity contribution in [3.8, 4) is 5.75 Å². The van der Waals surface area contributed by atoms with Gasteiger partial charge >= 0.3 is 0 Å². The molecule has 2 aromatic rings. The molecule has 4 saturated carbocycles. The molecule has 0 saturated heterocycles. The van der Waals surface area contributed by atoms with Crippen LogP contribution in [0.4, 0.5) is 0 Å². The molecule has 0 radical (unpaired) electrons. The van der Waals surface area contributed by atoms with Crippen molar-refractivity contribution in [2.75, 3.05) is 0 Å². The minimum atomic E-state index is -0.0250. The summed E-state index contributed by atoms with van der Waals surface area (Å²) in [4.78, 5) is 14.1. The average Bonchev–Trinajstić information content (AvgIpc) is 3.33. The molecule has 4 fully saturated rings. The van der Waals surface area contributed by atoms with Crippen LogP contribution in [0.15, 0.2) is 54.6 Å². The third kappa shape index (κ3) is 5.50. The lowest BCUT2D eigenvalue weighted by atomic mass is 9.43. The molecule has 0 heterocycles. The summed E-state index contributed by atoms with van der Waals surface area (Å²) >= 11 is 0. The van der Waals surface area contributed by atoms with Crippen LogP contribution in [0, 0.1) is 52.3 Å². The van der Waals surface area contributed by atoms with Crippen molar-refractivity contribution in [1.29, 1.82) is 0 Å². The average molecular weight is 569 g/mol. The number of carbonyl (C=O) groups excluding carboxylic acids is 1. The lowest BCUT2D eigenvalue weighted by Crippen LogP contribution is -2.55. The van der Waals surface area contributed by atoms with Gasteiger partial charge in [-0.25, -0.2) is 0 Å². The second-order valence-corrected chi connectivity index (χ2v) is 15.9. The highest BCUT2D eigenvalue weighted by Gasteiger charge is 2.61. The fourth-order valence-electron chi connectivity index (χ4n) is 11.1. The Morgan fingerprint density at radius 1 is 0.833 bits per heavy atom. The van der Waals surface area contributed by atoms with Gasteiger partial charge in [-0.15, -0.1) is 0 Å². The molecule has 0 unspecified atom stereocenters. The number of hydrogen-bond acceptors (Lipinski definition) is 2. The minimum absolute atomic E-state index is 0.0250. The lowest BCUT2D eigenvalue weighted by Gasteiger charge is -2.61. The molecule has 2 nitrogen and oxygen atoms in total. The predicted molar refractivity (Wildman–Crippen MR) is 173 cm³/mol. The van der Waals surface area contributed by atoms with E-state index in [-0.39, 0.29) is 11.3 Å². The fraction of sp³-hybridized carbons (Fsp3) is 0.675. The molecule has 6 rings (SSSR count). The van der Waals surface area contributed by atoms with E-state index < -0.39 is 0 Å². The van der Waals surface area contributed by atoms with Crippen molar-refractivity contribution in [3.63, 3.8) is 0 Å². The van der Waals surface area contributed by atoms with Crippen molar-refractivity contribution in [2.24, 2.45) is 52.3 Å². The topological polar surface area (TPSA) is 26.3 Å². The van der Waals surface area contributed by atoms with Gasteiger partial charge in [0.05, 0.1) is 0 Å². The van der Waals surface area contributed by atoms with E-state index in [1.165, 1.54) is 57.8 Å². The molecule has 42 heavy (non-hydrogen) atoms. The molecule has 9 atom stereocenters. The Morgan fingerprint density at radius 3 is 2.36 bits per heavy atom. The smallest absolute Gasteiger partial charge is 0.141 e. The molecule has 228 valence electrons. The van der Waals surface area contributed by atoms with E-state index in [9.17, 15) is 4.79 Å². The van der Waals surface area contributed by atoms with Crippen LogP contribution in [0.2, 0.25) is 0 Å². The predicted octanol–water partition coefficient (Wildman–Crippen LogP) is 10.6. The largest absolute Gasteiger partial charge is 0.489 e. The zero-order chi connectivity index (χ0) is 29.5. The summed E-state index contributed by atoms with van der Waals surface area (Å²) in [7, 11) is 0. The first-order chi connectivity index (χ1) is 20.2. The molecule has 0 spiro atoms. The maximum atomic E-state index is 14.1. The first-order valence-electron chi connectivity index (χ1n) is 17.5. The van der Waals surface area contributed by atoms with Gasteiger partial charge in [0.15, 0.2) is 0 Å². The van der Waals surface area contributed by atoms with E-state index in [4.69, 9.17) is 4.74 Å². The maximum absolute atomic E-state index is 14.1. The van der Waals surface area contributed by atoms with Crippen molar-refractivity contribution in [2.45, 2.75) is 118 Å². The van der Waals surface area contributed by atoms with Gasteiger partial charge in [-0.05, 0) is 109 Å². The molecule has 4 aliphatic carbocycles. The van der Waals surface area contributed by atoms with Crippen LogP contribution in [-0.4, -0.2) is 5.78 Å². The van der Waals surface area contributed by atoms with Gasteiger partial charge in [-0.1, -0.05) is 102 Å². The van der Waals surface area contributed by atoms with Crippen molar-refractivity contribution >= 4 is 5.78 Å². The van der Waals surface area contributed by atoms with Crippen LogP contribution < -0.4 is 4.74 Å². The summed E-state index contributed by atoms with van der Waals surface area (Å²) in [6.07, 6.45) is 14.2. The minimum Gasteiger partial charge on any atom is -0.489 e. The van der Waals surface area contributed by atoms with Crippen LogP contribution >= 0.6 is 0 Å². The van der Waals surface area contributed by atoms with Crippen LogP contribution in [0.25, 0.3) is 0 Å². The van der Waals surface area contributed by atoms with Gasteiger partial charge in [0.2, 0.25) is 0 Å². The first kappa shape index (κ1) is 30.0. The van der Waals surface area contributed by atoms with E-state index in [1.807, 2.05) is 12.1 Å².